The van der Waals surface area contributed by atoms with E-state index in [0.29, 0.717) is 30.2 Å². The highest BCUT2D eigenvalue weighted by Crippen LogP contribution is 2.40. The van der Waals surface area contributed by atoms with Crippen LogP contribution in [-0.4, -0.2) is 34.4 Å². The minimum Gasteiger partial charge on any atom is -0.331 e. The maximum Gasteiger partial charge on any atom is 0.273 e. The molecule has 3 rings (SSSR count). The van der Waals surface area contributed by atoms with Gasteiger partial charge in [-0.15, -0.1) is 23.7 Å². The van der Waals surface area contributed by atoms with Crippen LogP contribution in [0.3, 0.4) is 0 Å². The van der Waals surface area contributed by atoms with E-state index in [0.717, 1.165) is 24.3 Å². The van der Waals surface area contributed by atoms with Crippen molar-refractivity contribution in [3.63, 3.8) is 0 Å². The third-order valence-electron chi connectivity index (χ3n) is 4.05. The van der Waals surface area contributed by atoms with Crippen molar-refractivity contribution >= 4 is 29.7 Å². The van der Waals surface area contributed by atoms with Gasteiger partial charge in [0.05, 0.1) is 5.01 Å². The van der Waals surface area contributed by atoms with E-state index in [1.54, 1.807) is 11.3 Å². The van der Waals surface area contributed by atoms with E-state index in [1.165, 1.54) is 12.8 Å². The van der Waals surface area contributed by atoms with E-state index in [9.17, 15) is 4.79 Å². The van der Waals surface area contributed by atoms with Gasteiger partial charge in [0, 0.05) is 23.9 Å². The second-order valence-corrected chi connectivity index (χ2v) is 6.63. The topological polar surface area (TPSA) is 59.2 Å². The predicted octanol–water partition coefficient (Wildman–Crippen LogP) is 2.47. The number of rotatable bonds is 6. The van der Waals surface area contributed by atoms with Gasteiger partial charge in [-0.25, -0.2) is 4.98 Å². The lowest BCUT2D eigenvalue weighted by Gasteiger charge is -2.28. The van der Waals surface area contributed by atoms with Crippen molar-refractivity contribution in [3.05, 3.63) is 16.1 Å². The molecule has 0 radical (unpaired) electrons. The van der Waals surface area contributed by atoms with Crippen molar-refractivity contribution in [2.24, 2.45) is 11.7 Å². The van der Waals surface area contributed by atoms with E-state index in [2.05, 4.69) is 16.8 Å². The van der Waals surface area contributed by atoms with Gasteiger partial charge in [-0.2, -0.15) is 0 Å². The van der Waals surface area contributed by atoms with Crippen molar-refractivity contribution in [1.82, 2.24) is 9.88 Å². The van der Waals surface area contributed by atoms with Gasteiger partial charge in [-0.1, -0.05) is 0 Å². The molecule has 2 aliphatic rings. The molecule has 20 heavy (non-hydrogen) atoms. The number of hydrogen-bond acceptors (Lipinski definition) is 4. The van der Waals surface area contributed by atoms with Crippen LogP contribution >= 0.6 is 23.7 Å². The first-order valence-electron chi connectivity index (χ1n) is 7.18. The SMILES string of the molecule is CC(C1CC1)N(C(=O)c1csc(CCN)n1)C1CC1.Cl. The summed E-state index contributed by atoms with van der Waals surface area (Å²) in [4.78, 5) is 19.2. The first-order chi connectivity index (χ1) is 9.20. The molecule has 2 aliphatic carbocycles. The van der Waals surface area contributed by atoms with Gasteiger partial charge < -0.3 is 10.6 Å². The molecule has 0 spiro atoms. The Morgan fingerprint density at radius 1 is 1.50 bits per heavy atom. The number of carbonyl (C=O) groups excluding carboxylic acids is 1. The quantitative estimate of drug-likeness (QED) is 0.877. The minimum absolute atomic E-state index is 0. The predicted molar refractivity (Wildman–Crippen MR) is 83.5 cm³/mol. The molecule has 1 amide bonds. The standard InChI is InChI=1S/C14H21N3OS.ClH/c1-9(10-2-3-10)17(11-4-5-11)14(18)12-8-19-13(16-12)6-7-15;/h8-11H,2-7,15H2,1H3;1H. The zero-order chi connectivity index (χ0) is 13.4. The van der Waals surface area contributed by atoms with Gasteiger partial charge in [0.2, 0.25) is 0 Å². The highest BCUT2D eigenvalue weighted by Gasteiger charge is 2.42. The summed E-state index contributed by atoms with van der Waals surface area (Å²) >= 11 is 1.55. The fraction of sp³-hybridized carbons (Fsp3) is 0.714. The Bertz CT molecular complexity index is 471. The Labute approximate surface area is 130 Å². The molecular formula is C14H22ClN3OS. The highest BCUT2D eigenvalue weighted by molar-refractivity contribution is 7.09. The molecule has 1 aromatic rings. The van der Waals surface area contributed by atoms with Crippen molar-refractivity contribution in [1.29, 1.82) is 0 Å². The molecule has 4 nitrogen and oxygen atoms in total. The lowest BCUT2D eigenvalue weighted by atomic mass is 10.1. The summed E-state index contributed by atoms with van der Waals surface area (Å²) in [6.07, 6.45) is 5.62. The molecule has 0 aromatic carbocycles. The Morgan fingerprint density at radius 3 is 2.75 bits per heavy atom. The first kappa shape index (κ1) is 15.7. The number of halogens is 1. The molecule has 1 atom stereocenters. The molecule has 1 unspecified atom stereocenters. The Morgan fingerprint density at radius 2 is 2.20 bits per heavy atom. The van der Waals surface area contributed by atoms with Crippen LogP contribution < -0.4 is 5.73 Å². The molecule has 2 saturated carbocycles. The smallest absolute Gasteiger partial charge is 0.273 e. The van der Waals surface area contributed by atoms with Crippen molar-refractivity contribution < 1.29 is 4.79 Å². The molecule has 0 saturated heterocycles. The van der Waals surface area contributed by atoms with Crippen LogP contribution in [0.25, 0.3) is 0 Å². The van der Waals surface area contributed by atoms with E-state index in [-0.39, 0.29) is 18.3 Å². The Kier molecular flexibility index (Phi) is 5.04. The van der Waals surface area contributed by atoms with Crippen molar-refractivity contribution in [2.75, 3.05) is 6.54 Å². The minimum atomic E-state index is 0. The molecule has 112 valence electrons. The third-order valence-corrected chi connectivity index (χ3v) is 4.96. The summed E-state index contributed by atoms with van der Waals surface area (Å²) in [5.41, 5.74) is 6.15. The summed E-state index contributed by atoms with van der Waals surface area (Å²) < 4.78 is 0. The van der Waals surface area contributed by atoms with Crippen molar-refractivity contribution in [2.45, 2.75) is 51.1 Å². The summed E-state index contributed by atoms with van der Waals surface area (Å²) in [6.45, 7) is 2.78. The molecule has 2 fully saturated rings. The number of carbonyl (C=O) groups is 1. The van der Waals surface area contributed by atoms with Gasteiger partial charge in [0.1, 0.15) is 5.69 Å². The lowest BCUT2D eigenvalue weighted by molar-refractivity contribution is 0.0648. The fourth-order valence-corrected chi connectivity index (χ4v) is 3.41. The van der Waals surface area contributed by atoms with Crippen LogP contribution in [0.5, 0.6) is 0 Å². The lowest BCUT2D eigenvalue weighted by Crippen LogP contribution is -2.41. The van der Waals surface area contributed by atoms with Crippen LogP contribution in [0, 0.1) is 5.92 Å². The number of nitrogens with two attached hydrogens (primary N) is 1. The number of nitrogens with zero attached hydrogens (tertiary/aromatic N) is 2. The molecule has 1 aromatic heterocycles. The van der Waals surface area contributed by atoms with Gasteiger partial charge >= 0.3 is 0 Å². The van der Waals surface area contributed by atoms with E-state index >= 15 is 0 Å². The molecule has 1 heterocycles. The van der Waals surface area contributed by atoms with E-state index < -0.39 is 0 Å². The maximum absolute atomic E-state index is 12.7. The Hall–Kier alpha value is -0.650. The number of thiazole rings is 1. The molecule has 0 aliphatic heterocycles. The van der Waals surface area contributed by atoms with Gasteiger partial charge in [0.25, 0.3) is 5.91 Å². The van der Waals surface area contributed by atoms with Gasteiger partial charge in [-0.05, 0) is 45.1 Å². The molecule has 0 bridgehead atoms. The normalized spacial score (nSPS) is 19.3. The number of amides is 1. The Balaban J connectivity index is 0.00000147. The maximum atomic E-state index is 12.7. The average Bonchev–Trinajstić information content (AvgIpc) is 3.29. The van der Waals surface area contributed by atoms with E-state index in [1.807, 2.05) is 5.38 Å². The molecular weight excluding hydrogens is 294 g/mol. The fourth-order valence-electron chi connectivity index (χ4n) is 2.62. The second-order valence-electron chi connectivity index (χ2n) is 5.69. The largest absolute Gasteiger partial charge is 0.331 e. The van der Waals surface area contributed by atoms with Crippen LogP contribution in [0.1, 0.15) is 48.1 Å². The van der Waals surface area contributed by atoms with Crippen LogP contribution in [0.15, 0.2) is 5.38 Å². The molecule has 6 heteroatoms. The van der Waals surface area contributed by atoms with Crippen LogP contribution in [0.2, 0.25) is 0 Å². The van der Waals surface area contributed by atoms with Gasteiger partial charge in [-0.3, -0.25) is 4.79 Å². The van der Waals surface area contributed by atoms with Gasteiger partial charge in [0.15, 0.2) is 0 Å². The second kappa shape index (κ2) is 6.41. The van der Waals surface area contributed by atoms with E-state index in [4.69, 9.17) is 5.73 Å². The average molecular weight is 316 g/mol. The zero-order valence-electron chi connectivity index (χ0n) is 11.7. The third kappa shape index (κ3) is 3.32. The highest BCUT2D eigenvalue weighted by atomic mass is 35.5. The summed E-state index contributed by atoms with van der Waals surface area (Å²) in [5, 5.41) is 2.86. The summed E-state index contributed by atoms with van der Waals surface area (Å²) in [7, 11) is 0. The zero-order valence-corrected chi connectivity index (χ0v) is 13.4. The number of aromatic nitrogens is 1. The van der Waals surface area contributed by atoms with Crippen LogP contribution in [-0.2, 0) is 6.42 Å². The van der Waals surface area contributed by atoms with Crippen LogP contribution in [0.4, 0.5) is 0 Å². The van der Waals surface area contributed by atoms with Crippen molar-refractivity contribution in [3.8, 4) is 0 Å². The first-order valence-corrected chi connectivity index (χ1v) is 8.05. The summed E-state index contributed by atoms with van der Waals surface area (Å²) in [5.74, 6) is 0.841. The number of hydrogen-bond donors (Lipinski definition) is 1. The monoisotopic (exact) mass is 315 g/mol. The summed E-state index contributed by atoms with van der Waals surface area (Å²) in [6, 6.07) is 0.836. The molecule has 2 N–H and O–H groups in total.